The van der Waals surface area contributed by atoms with Crippen molar-refractivity contribution in [3.05, 3.63) is 12.2 Å². The predicted molar refractivity (Wildman–Crippen MR) is 81.6 cm³/mol. The fourth-order valence-corrected chi connectivity index (χ4v) is 2.08. The highest BCUT2D eigenvalue weighted by Crippen LogP contribution is 2.11. The standard InChI is InChI=1S/C16H29NO3/c1-4-7-8-9-10-11-12-14(16(19)20)13-15(18)17(5-2)6-3/h11-12,14H,4-10,13H2,1-3H3,(H,19,20). The number of hydrogen-bond acceptors (Lipinski definition) is 2. The van der Waals surface area contributed by atoms with Crippen LogP contribution in [0.25, 0.3) is 0 Å². The van der Waals surface area contributed by atoms with Crippen LogP contribution in [0.5, 0.6) is 0 Å². The van der Waals surface area contributed by atoms with Gasteiger partial charge in [0.1, 0.15) is 0 Å². The average Bonchev–Trinajstić information content (AvgIpc) is 2.42. The zero-order chi connectivity index (χ0) is 15.4. The number of unbranched alkanes of at least 4 members (excludes halogenated alkanes) is 4. The zero-order valence-electron chi connectivity index (χ0n) is 13.1. The molecule has 0 aliphatic heterocycles. The Balaban J connectivity index is 4.26. The second kappa shape index (κ2) is 11.5. The third-order valence-corrected chi connectivity index (χ3v) is 3.42. The van der Waals surface area contributed by atoms with Gasteiger partial charge in [-0.25, -0.2) is 0 Å². The molecule has 0 spiro atoms. The van der Waals surface area contributed by atoms with E-state index in [9.17, 15) is 9.59 Å². The lowest BCUT2D eigenvalue weighted by molar-refractivity contribution is -0.144. The molecule has 0 aromatic carbocycles. The first-order chi connectivity index (χ1) is 9.56. The molecule has 0 fully saturated rings. The lowest BCUT2D eigenvalue weighted by Crippen LogP contribution is -2.33. The van der Waals surface area contributed by atoms with Gasteiger partial charge < -0.3 is 10.0 Å². The summed E-state index contributed by atoms with van der Waals surface area (Å²) in [4.78, 5) is 24.8. The van der Waals surface area contributed by atoms with Crippen LogP contribution in [-0.2, 0) is 9.59 Å². The summed E-state index contributed by atoms with van der Waals surface area (Å²) in [6, 6.07) is 0. The minimum Gasteiger partial charge on any atom is -0.481 e. The number of aliphatic carboxylic acids is 1. The first kappa shape index (κ1) is 18.7. The van der Waals surface area contributed by atoms with E-state index in [-0.39, 0.29) is 12.3 Å². The van der Waals surface area contributed by atoms with Crippen molar-refractivity contribution in [3.63, 3.8) is 0 Å². The molecule has 0 aromatic heterocycles. The fourth-order valence-electron chi connectivity index (χ4n) is 2.08. The predicted octanol–water partition coefficient (Wildman–Crippen LogP) is 3.47. The molecular formula is C16H29NO3. The van der Waals surface area contributed by atoms with Crippen LogP contribution in [0.3, 0.4) is 0 Å². The molecule has 1 amide bonds. The number of allylic oxidation sites excluding steroid dienone is 1. The first-order valence-electron chi connectivity index (χ1n) is 7.73. The van der Waals surface area contributed by atoms with Gasteiger partial charge in [0.2, 0.25) is 5.91 Å². The van der Waals surface area contributed by atoms with Crippen molar-refractivity contribution in [3.8, 4) is 0 Å². The van der Waals surface area contributed by atoms with E-state index in [1.165, 1.54) is 19.3 Å². The Hall–Kier alpha value is -1.32. The van der Waals surface area contributed by atoms with Crippen molar-refractivity contribution in [2.75, 3.05) is 13.1 Å². The van der Waals surface area contributed by atoms with Crippen LogP contribution in [-0.4, -0.2) is 35.0 Å². The Bertz CT molecular complexity index is 309. The average molecular weight is 283 g/mol. The Morgan fingerprint density at radius 1 is 1.10 bits per heavy atom. The van der Waals surface area contributed by atoms with Gasteiger partial charge in [0.25, 0.3) is 0 Å². The number of rotatable bonds is 11. The maximum Gasteiger partial charge on any atom is 0.310 e. The van der Waals surface area contributed by atoms with Crippen LogP contribution in [0, 0.1) is 5.92 Å². The molecule has 0 rings (SSSR count). The molecule has 0 aliphatic carbocycles. The van der Waals surface area contributed by atoms with Crippen LogP contribution in [0.4, 0.5) is 0 Å². The van der Waals surface area contributed by atoms with Crippen molar-refractivity contribution in [1.82, 2.24) is 4.90 Å². The van der Waals surface area contributed by atoms with Crippen molar-refractivity contribution in [2.24, 2.45) is 5.92 Å². The quantitative estimate of drug-likeness (QED) is 0.466. The summed E-state index contributed by atoms with van der Waals surface area (Å²) in [5.74, 6) is -1.71. The molecule has 4 nitrogen and oxygen atoms in total. The number of carboxylic acid groups (broad SMARTS) is 1. The van der Waals surface area contributed by atoms with Crippen LogP contribution in [0.15, 0.2) is 12.2 Å². The van der Waals surface area contributed by atoms with Gasteiger partial charge in [0.15, 0.2) is 0 Å². The smallest absolute Gasteiger partial charge is 0.310 e. The fraction of sp³-hybridized carbons (Fsp3) is 0.750. The molecule has 1 atom stereocenters. The van der Waals surface area contributed by atoms with E-state index >= 15 is 0 Å². The normalized spacial score (nSPS) is 12.6. The van der Waals surface area contributed by atoms with Gasteiger partial charge in [-0.3, -0.25) is 9.59 Å². The molecule has 0 saturated heterocycles. The van der Waals surface area contributed by atoms with E-state index in [0.717, 1.165) is 12.8 Å². The number of amides is 1. The Labute approximate surface area is 122 Å². The number of carbonyl (C=O) groups excluding carboxylic acids is 1. The lowest BCUT2D eigenvalue weighted by atomic mass is 10.0. The summed E-state index contributed by atoms with van der Waals surface area (Å²) in [7, 11) is 0. The highest BCUT2D eigenvalue weighted by molar-refractivity contribution is 5.83. The van der Waals surface area contributed by atoms with Crippen LogP contribution >= 0.6 is 0 Å². The van der Waals surface area contributed by atoms with Gasteiger partial charge in [0, 0.05) is 19.5 Å². The second-order valence-corrected chi connectivity index (χ2v) is 4.99. The summed E-state index contributed by atoms with van der Waals surface area (Å²) in [6.07, 6.45) is 9.21. The largest absolute Gasteiger partial charge is 0.481 e. The van der Waals surface area contributed by atoms with Crippen molar-refractivity contribution in [2.45, 2.75) is 59.3 Å². The summed E-state index contributed by atoms with van der Waals surface area (Å²) in [5.41, 5.74) is 0. The highest BCUT2D eigenvalue weighted by atomic mass is 16.4. The van der Waals surface area contributed by atoms with Crippen molar-refractivity contribution >= 4 is 11.9 Å². The van der Waals surface area contributed by atoms with E-state index in [2.05, 4.69) is 6.92 Å². The van der Waals surface area contributed by atoms with Crippen molar-refractivity contribution < 1.29 is 14.7 Å². The van der Waals surface area contributed by atoms with E-state index < -0.39 is 11.9 Å². The molecule has 20 heavy (non-hydrogen) atoms. The first-order valence-corrected chi connectivity index (χ1v) is 7.73. The van der Waals surface area contributed by atoms with Gasteiger partial charge in [-0.1, -0.05) is 38.3 Å². The summed E-state index contributed by atoms with van der Waals surface area (Å²) >= 11 is 0. The monoisotopic (exact) mass is 283 g/mol. The summed E-state index contributed by atoms with van der Waals surface area (Å²) < 4.78 is 0. The van der Waals surface area contributed by atoms with Crippen LogP contribution < -0.4 is 0 Å². The Morgan fingerprint density at radius 2 is 1.75 bits per heavy atom. The molecule has 0 saturated carbocycles. The molecule has 1 N–H and O–H groups in total. The summed E-state index contributed by atoms with van der Waals surface area (Å²) in [5, 5.41) is 9.17. The maximum absolute atomic E-state index is 11.9. The third-order valence-electron chi connectivity index (χ3n) is 3.42. The van der Waals surface area contributed by atoms with E-state index in [1.54, 1.807) is 11.0 Å². The lowest BCUT2D eigenvalue weighted by Gasteiger charge is -2.19. The molecule has 4 heteroatoms. The van der Waals surface area contributed by atoms with E-state index in [4.69, 9.17) is 5.11 Å². The minimum absolute atomic E-state index is 0.0580. The number of carboxylic acids is 1. The van der Waals surface area contributed by atoms with Crippen molar-refractivity contribution in [1.29, 1.82) is 0 Å². The third kappa shape index (κ3) is 7.97. The SMILES string of the molecule is CCCCCCC=CC(CC(=O)N(CC)CC)C(=O)O. The van der Waals surface area contributed by atoms with Crippen LogP contribution in [0.1, 0.15) is 59.3 Å². The topological polar surface area (TPSA) is 57.6 Å². The van der Waals surface area contributed by atoms with E-state index in [0.29, 0.717) is 13.1 Å². The molecule has 0 heterocycles. The Morgan fingerprint density at radius 3 is 2.25 bits per heavy atom. The van der Waals surface area contributed by atoms with Gasteiger partial charge in [-0.05, 0) is 26.7 Å². The molecule has 1 unspecified atom stereocenters. The minimum atomic E-state index is -0.921. The Kier molecular flexibility index (Phi) is 10.7. The van der Waals surface area contributed by atoms with Crippen LogP contribution in [0.2, 0.25) is 0 Å². The number of hydrogen-bond donors (Lipinski definition) is 1. The van der Waals surface area contributed by atoms with Gasteiger partial charge in [-0.15, -0.1) is 0 Å². The van der Waals surface area contributed by atoms with E-state index in [1.807, 2.05) is 19.9 Å². The molecule has 116 valence electrons. The zero-order valence-corrected chi connectivity index (χ0v) is 13.1. The highest BCUT2D eigenvalue weighted by Gasteiger charge is 2.20. The number of carbonyl (C=O) groups is 2. The van der Waals surface area contributed by atoms with Gasteiger partial charge >= 0.3 is 5.97 Å². The molecular weight excluding hydrogens is 254 g/mol. The molecule has 0 radical (unpaired) electrons. The molecule has 0 aliphatic rings. The maximum atomic E-state index is 11.9. The van der Waals surface area contributed by atoms with Gasteiger partial charge in [0.05, 0.1) is 5.92 Å². The molecule has 0 aromatic rings. The van der Waals surface area contributed by atoms with Gasteiger partial charge in [-0.2, -0.15) is 0 Å². The second-order valence-electron chi connectivity index (χ2n) is 4.99. The summed E-state index contributed by atoms with van der Waals surface area (Å²) in [6.45, 7) is 7.22. The molecule has 0 bridgehead atoms. The number of nitrogens with zero attached hydrogens (tertiary/aromatic N) is 1.